The van der Waals surface area contributed by atoms with E-state index in [4.69, 9.17) is 4.74 Å². The number of rotatable bonds is 7. The van der Waals surface area contributed by atoms with Crippen LogP contribution in [0.1, 0.15) is 43.4 Å². The Balaban J connectivity index is 1.88. The number of phenolic OH excluding ortho intramolecular Hbond substituents is 1. The summed E-state index contributed by atoms with van der Waals surface area (Å²) in [4.78, 5) is 0. The number of benzene rings is 3. The SMILES string of the molecule is CCCCC(Oc1ccc(O)c(C)c1)c1cccc(-c2ccccc2)c1. The highest BCUT2D eigenvalue weighted by Gasteiger charge is 2.14. The van der Waals surface area contributed by atoms with E-state index < -0.39 is 0 Å². The highest BCUT2D eigenvalue weighted by Crippen LogP contribution is 2.31. The molecule has 0 bridgehead atoms. The highest BCUT2D eigenvalue weighted by atomic mass is 16.5. The molecule has 3 aromatic carbocycles. The average molecular weight is 346 g/mol. The summed E-state index contributed by atoms with van der Waals surface area (Å²) >= 11 is 0. The Kier molecular flexibility index (Phi) is 5.96. The summed E-state index contributed by atoms with van der Waals surface area (Å²) < 4.78 is 6.32. The van der Waals surface area contributed by atoms with Crippen LogP contribution in [0.2, 0.25) is 0 Å². The molecule has 2 nitrogen and oxygen atoms in total. The summed E-state index contributed by atoms with van der Waals surface area (Å²) in [6.07, 6.45) is 3.21. The van der Waals surface area contributed by atoms with E-state index >= 15 is 0 Å². The largest absolute Gasteiger partial charge is 0.508 e. The van der Waals surface area contributed by atoms with Crippen molar-refractivity contribution in [3.8, 4) is 22.6 Å². The molecule has 0 aliphatic rings. The lowest BCUT2D eigenvalue weighted by atomic mass is 9.98. The van der Waals surface area contributed by atoms with Crippen LogP contribution in [0.25, 0.3) is 11.1 Å². The minimum Gasteiger partial charge on any atom is -0.508 e. The molecule has 134 valence electrons. The second kappa shape index (κ2) is 8.57. The topological polar surface area (TPSA) is 29.5 Å². The zero-order valence-corrected chi connectivity index (χ0v) is 15.5. The van der Waals surface area contributed by atoms with Gasteiger partial charge in [-0.05, 0) is 66.3 Å². The van der Waals surface area contributed by atoms with E-state index in [0.717, 1.165) is 30.6 Å². The van der Waals surface area contributed by atoms with Crippen LogP contribution in [0.5, 0.6) is 11.5 Å². The Labute approximate surface area is 156 Å². The van der Waals surface area contributed by atoms with E-state index in [9.17, 15) is 5.11 Å². The van der Waals surface area contributed by atoms with Gasteiger partial charge in [-0.3, -0.25) is 0 Å². The zero-order chi connectivity index (χ0) is 18.4. The van der Waals surface area contributed by atoms with E-state index in [1.807, 2.05) is 25.1 Å². The van der Waals surface area contributed by atoms with Gasteiger partial charge >= 0.3 is 0 Å². The Morgan fingerprint density at radius 3 is 2.38 bits per heavy atom. The molecule has 1 atom stereocenters. The molecule has 2 heteroatoms. The molecule has 0 heterocycles. The molecular formula is C24H26O2. The summed E-state index contributed by atoms with van der Waals surface area (Å²) in [5, 5.41) is 9.74. The molecular weight excluding hydrogens is 320 g/mol. The van der Waals surface area contributed by atoms with Crippen molar-refractivity contribution >= 4 is 0 Å². The van der Waals surface area contributed by atoms with Crippen LogP contribution in [0.3, 0.4) is 0 Å². The maximum atomic E-state index is 9.74. The lowest BCUT2D eigenvalue weighted by Gasteiger charge is -2.21. The molecule has 0 radical (unpaired) electrons. The van der Waals surface area contributed by atoms with Crippen molar-refractivity contribution in [2.75, 3.05) is 0 Å². The van der Waals surface area contributed by atoms with Crippen LogP contribution < -0.4 is 4.74 Å². The van der Waals surface area contributed by atoms with Crippen molar-refractivity contribution in [1.29, 1.82) is 0 Å². The van der Waals surface area contributed by atoms with Crippen molar-refractivity contribution in [2.45, 2.75) is 39.2 Å². The first kappa shape index (κ1) is 18.1. The molecule has 26 heavy (non-hydrogen) atoms. The number of hydrogen-bond acceptors (Lipinski definition) is 2. The van der Waals surface area contributed by atoms with Crippen molar-refractivity contribution in [3.05, 3.63) is 83.9 Å². The fourth-order valence-electron chi connectivity index (χ4n) is 3.10. The fourth-order valence-corrected chi connectivity index (χ4v) is 3.10. The molecule has 0 saturated carbocycles. The predicted octanol–water partition coefficient (Wildman–Crippen LogP) is 6.68. The smallest absolute Gasteiger partial charge is 0.124 e. The molecule has 1 N–H and O–H groups in total. The Morgan fingerprint density at radius 1 is 0.885 bits per heavy atom. The third kappa shape index (κ3) is 4.45. The van der Waals surface area contributed by atoms with Crippen molar-refractivity contribution < 1.29 is 9.84 Å². The Morgan fingerprint density at radius 2 is 1.65 bits per heavy atom. The van der Waals surface area contributed by atoms with Crippen molar-refractivity contribution in [3.63, 3.8) is 0 Å². The minimum atomic E-state index is 0.00237. The third-order valence-electron chi connectivity index (χ3n) is 4.63. The van der Waals surface area contributed by atoms with Gasteiger partial charge in [0.2, 0.25) is 0 Å². The van der Waals surface area contributed by atoms with Gasteiger partial charge in [0.15, 0.2) is 0 Å². The quantitative estimate of drug-likeness (QED) is 0.517. The molecule has 3 aromatic rings. The Bertz CT molecular complexity index is 840. The second-order valence-electron chi connectivity index (χ2n) is 6.69. The first-order chi connectivity index (χ1) is 12.7. The predicted molar refractivity (Wildman–Crippen MR) is 108 cm³/mol. The molecule has 0 fully saturated rings. The van der Waals surface area contributed by atoms with Gasteiger partial charge in [-0.25, -0.2) is 0 Å². The molecule has 0 saturated heterocycles. The van der Waals surface area contributed by atoms with Gasteiger partial charge in [0, 0.05) is 0 Å². The highest BCUT2D eigenvalue weighted by molar-refractivity contribution is 5.64. The van der Waals surface area contributed by atoms with E-state index in [1.165, 1.54) is 16.7 Å². The summed E-state index contributed by atoms with van der Waals surface area (Å²) in [5.41, 5.74) is 4.43. The van der Waals surface area contributed by atoms with Gasteiger partial charge in [-0.1, -0.05) is 61.9 Å². The third-order valence-corrected chi connectivity index (χ3v) is 4.63. The first-order valence-electron chi connectivity index (χ1n) is 9.29. The monoisotopic (exact) mass is 346 g/mol. The number of unbranched alkanes of at least 4 members (excludes halogenated alkanes) is 1. The van der Waals surface area contributed by atoms with E-state index in [2.05, 4.69) is 55.5 Å². The molecule has 3 rings (SSSR count). The van der Waals surface area contributed by atoms with Gasteiger partial charge in [0.1, 0.15) is 17.6 Å². The molecule has 0 aromatic heterocycles. The van der Waals surface area contributed by atoms with Crippen molar-refractivity contribution in [1.82, 2.24) is 0 Å². The number of phenols is 1. The van der Waals surface area contributed by atoms with E-state index in [-0.39, 0.29) is 6.10 Å². The molecule has 0 spiro atoms. The van der Waals surface area contributed by atoms with Gasteiger partial charge < -0.3 is 9.84 Å². The van der Waals surface area contributed by atoms with Gasteiger partial charge in [-0.2, -0.15) is 0 Å². The molecule has 0 aliphatic heterocycles. The average Bonchev–Trinajstić information content (AvgIpc) is 2.68. The van der Waals surface area contributed by atoms with Crippen LogP contribution in [0, 0.1) is 6.92 Å². The van der Waals surface area contributed by atoms with E-state index in [1.54, 1.807) is 6.07 Å². The molecule has 1 unspecified atom stereocenters. The number of hydrogen-bond donors (Lipinski definition) is 1. The first-order valence-corrected chi connectivity index (χ1v) is 9.29. The number of aryl methyl sites for hydroxylation is 1. The molecule has 0 aliphatic carbocycles. The van der Waals surface area contributed by atoms with Gasteiger partial charge in [-0.15, -0.1) is 0 Å². The van der Waals surface area contributed by atoms with Crippen LogP contribution in [0.4, 0.5) is 0 Å². The summed E-state index contributed by atoms with van der Waals surface area (Å²) in [5.74, 6) is 1.10. The lowest BCUT2D eigenvalue weighted by Crippen LogP contribution is -2.08. The number of aromatic hydroxyl groups is 1. The lowest BCUT2D eigenvalue weighted by molar-refractivity contribution is 0.191. The summed E-state index contributed by atoms with van der Waals surface area (Å²) in [7, 11) is 0. The number of ether oxygens (including phenoxy) is 1. The normalized spacial score (nSPS) is 11.9. The summed E-state index contributed by atoms with van der Waals surface area (Å²) in [6, 6.07) is 24.5. The van der Waals surface area contributed by atoms with Crippen LogP contribution >= 0.6 is 0 Å². The van der Waals surface area contributed by atoms with Crippen LogP contribution in [-0.2, 0) is 0 Å². The van der Waals surface area contributed by atoms with Crippen molar-refractivity contribution in [2.24, 2.45) is 0 Å². The molecule has 0 amide bonds. The zero-order valence-electron chi connectivity index (χ0n) is 15.5. The maximum Gasteiger partial charge on any atom is 0.124 e. The van der Waals surface area contributed by atoms with E-state index in [0.29, 0.717) is 5.75 Å². The standard InChI is InChI=1S/C24H26O2/c1-3-4-13-24(26-22-14-15-23(25)18(2)16-22)21-12-8-11-20(17-21)19-9-6-5-7-10-19/h5-12,14-17,24-25H,3-4,13H2,1-2H3. The maximum absolute atomic E-state index is 9.74. The van der Waals surface area contributed by atoms with Crippen LogP contribution in [-0.4, -0.2) is 5.11 Å². The summed E-state index contributed by atoms with van der Waals surface area (Å²) in [6.45, 7) is 4.08. The van der Waals surface area contributed by atoms with Crippen LogP contribution in [0.15, 0.2) is 72.8 Å². The Hall–Kier alpha value is -2.74. The van der Waals surface area contributed by atoms with Gasteiger partial charge in [0.25, 0.3) is 0 Å². The van der Waals surface area contributed by atoms with Gasteiger partial charge in [0.05, 0.1) is 0 Å². The minimum absolute atomic E-state index is 0.00237. The second-order valence-corrected chi connectivity index (χ2v) is 6.69. The fraction of sp³-hybridized carbons (Fsp3) is 0.250.